The first-order valence-electron chi connectivity index (χ1n) is 43.1. The second-order valence-electron chi connectivity index (χ2n) is 36.4. The van der Waals surface area contributed by atoms with Gasteiger partial charge in [-0.2, -0.15) is 45.9 Å². The molecule has 9 heterocycles. The van der Waals surface area contributed by atoms with E-state index in [9.17, 15) is 75.1 Å². The Labute approximate surface area is 773 Å². The molecule has 134 heavy (non-hydrogen) atoms. The fourth-order valence-electron chi connectivity index (χ4n) is 19.6. The predicted molar refractivity (Wildman–Crippen MR) is 481 cm³/mol. The van der Waals surface area contributed by atoms with Crippen LogP contribution >= 0.6 is 22.9 Å². The standard InChI is InChI=1S/C33H32ClF2N5O3S.C31H29F4N7O2S.C29H27F4N7O2S2/c1-32(2,3)20-40(45(43,44)27-10-11-30(34)38-19-27)26-7-4-22-14-29-21(18-39-41(29)25-8-5-23(35)6-9-25)16-33(22,17-26)31(42)28-15-24(36)12-13-37-28;1-40-18-37-29(39-40)45(2,44)42(24-9-10-24)25-6-3-20-14-27-19(17-38-41(27)23-7-4-22(32)5-8-23)15-30(20,16-25)28(43)26-13-21(11-12-36-26)31(33,34)35;1-38-16-35-27(37-38)44(2,42)40(21-9-10-21)22-6-3-18-11-23-17(14-36-39(23)20-7-4-19(30)5-8-20)12-28(18,13-22)25(41)26-34-15-24(43-26)29(31,32)33/h5-6,8-15,18-19,26H,4,7,16-17,20H2,1-3H3;4-5,7-8,11-14,17-18,24-25H,2-3,6,9-10,15-16H2,1H3;4-5,7-8,11,14-16,21-22H,2-3,6,9-10,12-13H2,1H3/t26-,33-;25-,30-,45?;22-,28-,44?/m000/s1. The molecule has 0 bridgehead atoms. The Hall–Kier alpha value is -11.7. The lowest BCUT2D eigenvalue weighted by molar-refractivity contribution is -0.137. The fraction of sp³-hybridized carbons (Fsp3) is 0.355. The summed E-state index contributed by atoms with van der Waals surface area (Å²) in [5.74, 6) is 5.00. The Morgan fingerprint density at radius 2 is 0.888 bits per heavy atom. The smallest absolute Gasteiger partial charge is 0.291 e. The zero-order valence-electron chi connectivity index (χ0n) is 72.8. The maximum absolute atomic E-state index is 14.6. The molecule has 8 aliphatic carbocycles. The molecule has 0 N–H and O–H groups in total. The normalized spacial score (nSPS) is 22.0. The number of aryl methyl sites for hydroxylation is 2. The molecular formula is C93H88ClF10N19O7S4. The first kappa shape index (κ1) is 92.8. The van der Waals surface area contributed by atoms with Crippen LogP contribution in [0, 0.1) is 44.9 Å². The number of alkyl halides is 6. The molecule has 0 saturated heterocycles. The highest BCUT2D eigenvalue weighted by molar-refractivity contribution is 7.98. The van der Waals surface area contributed by atoms with Crippen LogP contribution in [0.4, 0.5) is 43.9 Å². The van der Waals surface area contributed by atoms with Gasteiger partial charge in [-0.25, -0.2) is 77.0 Å². The number of Topliss-reactive ketones (excluding diaryl/α,β-unsaturated/α-hetero) is 3. The van der Waals surface area contributed by atoms with E-state index in [-0.39, 0.29) is 117 Å². The second kappa shape index (κ2) is 34.9. The number of pyridine rings is 3. The minimum Gasteiger partial charge on any atom is -0.291 e. The third kappa shape index (κ3) is 17.8. The molecule has 9 aromatic heterocycles. The number of nitrogens with zero attached hydrogens (tertiary/aromatic N) is 19. The molecule has 0 aliphatic heterocycles. The number of rotatable bonds is 21. The molecule has 3 aromatic carbocycles. The summed E-state index contributed by atoms with van der Waals surface area (Å²) in [6.07, 6.45) is 15.5. The van der Waals surface area contributed by atoms with Crippen LogP contribution in [-0.4, -0.2) is 174 Å². The number of hydrogen-bond donors (Lipinski definition) is 0. The first-order chi connectivity index (χ1) is 63.5. The van der Waals surface area contributed by atoms with Gasteiger partial charge in [0.15, 0.2) is 16.6 Å². The predicted octanol–water partition coefficient (Wildman–Crippen LogP) is 16.9. The average Bonchev–Trinajstić information content (AvgIpc) is 1.41. The molecule has 0 spiro atoms. The summed E-state index contributed by atoms with van der Waals surface area (Å²) in [5.41, 5.74) is 3.20. The summed E-state index contributed by atoms with van der Waals surface area (Å²) in [5, 5.41) is 22.3. The minimum atomic E-state index is -4.66. The van der Waals surface area contributed by atoms with Crippen molar-refractivity contribution in [3.63, 3.8) is 0 Å². The molecule has 0 amide bonds. The Morgan fingerprint density at radius 3 is 1.26 bits per heavy atom. The lowest BCUT2D eigenvalue weighted by Crippen LogP contribution is -2.52. The number of aromatic nitrogens is 16. The molecule has 2 unspecified atom stereocenters. The van der Waals surface area contributed by atoms with E-state index in [4.69, 9.17) is 11.6 Å². The summed E-state index contributed by atoms with van der Waals surface area (Å²) in [7, 11) is -6.98. The number of ketones is 3. The van der Waals surface area contributed by atoms with Crippen LogP contribution in [-0.2, 0) is 75.1 Å². The third-order valence-corrected chi connectivity index (χ3v) is 33.2. The van der Waals surface area contributed by atoms with Gasteiger partial charge >= 0.3 is 12.4 Å². The van der Waals surface area contributed by atoms with Gasteiger partial charge in [-0.05, 0) is 258 Å². The van der Waals surface area contributed by atoms with Crippen LogP contribution in [0.15, 0.2) is 197 Å². The minimum absolute atomic E-state index is 0.0103. The number of allylic oxidation sites excluding steroid dienone is 3. The van der Waals surface area contributed by atoms with Crippen molar-refractivity contribution in [3.05, 3.63) is 271 Å². The number of carbonyl (C=O) groups is 3. The Balaban J connectivity index is 0.000000134. The summed E-state index contributed by atoms with van der Waals surface area (Å²) >= 11 is 6.30. The number of fused-ring (bicyclic) bond motifs is 6. The molecule has 698 valence electrons. The number of sulfonamides is 1. The largest absolute Gasteiger partial charge is 0.427 e. The summed E-state index contributed by atoms with van der Waals surface area (Å²) in [6.45, 7) is 6.06. The highest BCUT2D eigenvalue weighted by Gasteiger charge is 2.58. The van der Waals surface area contributed by atoms with Gasteiger partial charge in [0.05, 0.1) is 100 Å². The van der Waals surface area contributed by atoms with Crippen molar-refractivity contribution in [2.45, 2.75) is 181 Å². The van der Waals surface area contributed by atoms with Crippen LogP contribution in [0.3, 0.4) is 0 Å². The maximum atomic E-state index is 14.6. The molecule has 8 aliphatic rings. The average molecular weight is 1940 g/mol. The van der Waals surface area contributed by atoms with E-state index in [1.165, 1.54) is 93.3 Å². The molecule has 12 aromatic rings. The highest BCUT2D eigenvalue weighted by atomic mass is 35.5. The van der Waals surface area contributed by atoms with Gasteiger partial charge < -0.3 is 0 Å². The fourth-order valence-corrected chi connectivity index (χ4v) is 26.4. The van der Waals surface area contributed by atoms with Crippen LogP contribution in [0.1, 0.15) is 179 Å². The van der Waals surface area contributed by atoms with Crippen LogP contribution < -0.4 is 0 Å². The molecule has 5 fully saturated rings. The molecule has 41 heteroatoms. The van der Waals surface area contributed by atoms with Crippen LogP contribution in [0.2, 0.25) is 5.15 Å². The molecule has 0 radical (unpaired) electrons. The third-order valence-electron chi connectivity index (χ3n) is 26.0. The van der Waals surface area contributed by atoms with E-state index in [2.05, 4.69) is 67.1 Å². The number of halogens is 11. The van der Waals surface area contributed by atoms with E-state index in [1.807, 2.05) is 47.6 Å². The van der Waals surface area contributed by atoms with Crippen molar-refractivity contribution in [3.8, 4) is 17.1 Å². The summed E-state index contributed by atoms with van der Waals surface area (Å²) in [4.78, 5) is 67.3. The molecular weight excluding hydrogens is 1850 g/mol. The van der Waals surface area contributed by atoms with Crippen molar-refractivity contribution in [1.29, 1.82) is 0 Å². The Kier molecular flexibility index (Phi) is 24.2. The quantitative estimate of drug-likeness (QED) is 0.0279. The maximum Gasteiger partial charge on any atom is 0.427 e. The summed E-state index contributed by atoms with van der Waals surface area (Å²) in [6, 6.07) is 23.1. The van der Waals surface area contributed by atoms with E-state index in [0.29, 0.717) is 84.4 Å². The summed E-state index contributed by atoms with van der Waals surface area (Å²) < 4.78 is 207. The molecule has 8 atom stereocenters. The Bertz CT molecular complexity index is 7080. The zero-order chi connectivity index (χ0) is 94.9. The highest BCUT2D eigenvalue weighted by Crippen LogP contribution is 2.57. The van der Waals surface area contributed by atoms with Gasteiger partial charge in [0.2, 0.25) is 26.1 Å². The second-order valence-corrected chi connectivity index (χ2v) is 43.8. The van der Waals surface area contributed by atoms with Crippen molar-refractivity contribution < 1.29 is 75.1 Å². The van der Waals surface area contributed by atoms with E-state index >= 15 is 0 Å². The lowest BCUT2D eigenvalue weighted by atomic mass is 9.60. The monoisotopic (exact) mass is 1940 g/mol. The van der Waals surface area contributed by atoms with Crippen LogP contribution in [0.25, 0.3) is 35.3 Å². The zero-order valence-corrected chi connectivity index (χ0v) is 76.8. The topological polar surface area (TPSA) is 296 Å². The van der Waals surface area contributed by atoms with Gasteiger partial charge in [0.1, 0.15) is 62.2 Å². The van der Waals surface area contributed by atoms with Gasteiger partial charge in [-0.15, -0.1) is 21.5 Å². The van der Waals surface area contributed by atoms with Gasteiger partial charge in [-0.3, -0.25) is 33.7 Å². The first-order valence-corrected chi connectivity index (χ1v) is 49.1. The van der Waals surface area contributed by atoms with Gasteiger partial charge in [0.25, 0.3) is 0 Å². The van der Waals surface area contributed by atoms with Crippen molar-refractivity contribution in [1.82, 2.24) is 91.7 Å². The van der Waals surface area contributed by atoms with E-state index < -0.39 is 109 Å². The molecule has 26 nitrogen and oxygen atoms in total. The lowest BCUT2D eigenvalue weighted by Gasteiger charge is -2.47. The van der Waals surface area contributed by atoms with Crippen molar-refractivity contribution >= 4 is 99.7 Å². The number of hydrogen-bond acceptors (Lipinski definition) is 19. The van der Waals surface area contributed by atoms with E-state index in [0.717, 1.165) is 89.3 Å². The number of benzene rings is 3. The van der Waals surface area contributed by atoms with Crippen molar-refractivity contribution in [2.24, 2.45) is 35.8 Å². The Morgan fingerprint density at radius 1 is 0.478 bits per heavy atom. The SMILES string of the molecule is C=S(=O)(c1ncn(C)n1)N(C1CC1)[C@H]1CCC2=Cc3c(cnn3-c3ccc(F)cc3)C[C@]2(C(=O)c2cc(C(F)(F)F)ccn2)C1.C=S(=O)(c1ncn(C)n1)N(C1CC1)[C@H]1CCC2=Cc3c(cnn3-c3ccc(F)cc3)C[C@]2(C(=O)c2ncc(C(F)(F)F)s2)C1.CC(C)(C)CN([C@H]1CCC2=Cc3c(cnn3-c3ccc(F)cc3)C[C@]2(C(=O)c2cc(F)ccn2)C1)S(=O)(=O)c1ccc(Cl)nc1. The van der Waals surface area contributed by atoms with Crippen LogP contribution in [0.5, 0.6) is 0 Å². The van der Waals surface area contributed by atoms with Crippen molar-refractivity contribution in [2.75, 3.05) is 6.54 Å². The molecule has 5 saturated carbocycles. The molecule has 20 rings (SSSR count). The van der Waals surface area contributed by atoms with E-state index in [1.54, 1.807) is 83.1 Å². The van der Waals surface area contributed by atoms with Gasteiger partial charge in [0, 0.05) is 75.5 Å². The van der Waals surface area contributed by atoms with Gasteiger partial charge in [-0.1, -0.05) is 49.1 Å². The number of thiazole rings is 1. The number of carbonyl (C=O) groups excluding carboxylic acids is 3.